The minimum atomic E-state index is -0.0972. The molecule has 2 fully saturated rings. The first-order valence-corrected chi connectivity index (χ1v) is 14.1. The van der Waals surface area contributed by atoms with Crippen molar-refractivity contribution in [3.63, 3.8) is 0 Å². The van der Waals surface area contributed by atoms with E-state index in [1.807, 2.05) is 13.8 Å². The number of rotatable bonds is 10. The topological polar surface area (TPSA) is 56.8 Å². The molecule has 2 N–H and O–H groups in total. The fourth-order valence-corrected chi connectivity index (χ4v) is 5.27. The standard InChI is InChI=1S/C22H45N3O.C5H9NO.C2H6/c1-7-19(2)26-17-16-24-12-14-25(15-13-24)22(5,6)18-21(3,4)20-8-10-23-11-9-20;1-4(2)5(7)6-3;1-2/h19-20,23H,7-18H2,1-6H3;1H2,2-3H3,(H,6,7);1-2H3. The number of hydrogen-bond donors (Lipinski definition) is 2. The van der Waals surface area contributed by atoms with Crippen LogP contribution in [0.4, 0.5) is 0 Å². The molecule has 0 spiro atoms. The number of carbonyl (C=O) groups is 1. The molecular formula is C29H60N4O2. The number of amides is 1. The second-order valence-electron chi connectivity index (χ2n) is 11.3. The van der Waals surface area contributed by atoms with Crippen LogP contribution in [0, 0.1) is 11.3 Å². The Kier molecular flexibility index (Phi) is 17.0. The zero-order valence-electron chi connectivity index (χ0n) is 25.1. The van der Waals surface area contributed by atoms with Crippen LogP contribution in [0.2, 0.25) is 0 Å². The number of nitrogens with one attached hydrogen (secondary N) is 2. The molecule has 0 bridgehead atoms. The van der Waals surface area contributed by atoms with Crippen LogP contribution in [0.3, 0.4) is 0 Å². The maximum atomic E-state index is 10.3. The van der Waals surface area contributed by atoms with Gasteiger partial charge in [-0.25, -0.2) is 0 Å². The molecule has 2 rings (SSSR count). The Morgan fingerprint density at radius 3 is 2.09 bits per heavy atom. The first-order chi connectivity index (χ1) is 16.4. The van der Waals surface area contributed by atoms with Crippen LogP contribution in [-0.4, -0.2) is 86.8 Å². The van der Waals surface area contributed by atoms with Gasteiger partial charge in [-0.1, -0.05) is 41.2 Å². The van der Waals surface area contributed by atoms with Crippen LogP contribution < -0.4 is 10.6 Å². The third-order valence-electron chi connectivity index (χ3n) is 7.56. The summed E-state index contributed by atoms with van der Waals surface area (Å²) in [6, 6.07) is 0. The summed E-state index contributed by atoms with van der Waals surface area (Å²) in [4.78, 5) is 15.6. The van der Waals surface area contributed by atoms with Gasteiger partial charge in [-0.2, -0.15) is 0 Å². The maximum Gasteiger partial charge on any atom is 0.246 e. The lowest BCUT2D eigenvalue weighted by atomic mass is 9.67. The van der Waals surface area contributed by atoms with Gasteiger partial charge in [-0.15, -0.1) is 0 Å². The molecule has 0 aliphatic carbocycles. The van der Waals surface area contributed by atoms with Crippen LogP contribution in [-0.2, 0) is 9.53 Å². The van der Waals surface area contributed by atoms with E-state index in [4.69, 9.17) is 4.74 Å². The molecule has 6 nitrogen and oxygen atoms in total. The van der Waals surface area contributed by atoms with E-state index in [1.54, 1.807) is 14.0 Å². The van der Waals surface area contributed by atoms with Gasteiger partial charge in [0, 0.05) is 50.9 Å². The van der Waals surface area contributed by atoms with Crippen molar-refractivity contribution in [2.45, 2.75) is 99.6 Å². The minimum Gasteiger partial charge on any atom is -0.377 e. The Bertz CT molecular complexity index is 577. The van der Waals surface area contributed by atoms with Crippen molar-refractivity contribution in [1.82, 2.24) is 20.4 Å². The van der Waals surface area contributed by atoms with Crippen LogP contribution >= 0.6 is 0 Å². The van der Waals surface area contributed by atoms with E-state index in [-0.39, 0.29) is 11.4 Å². The molecule has 2 saturated heterocycles. The molecule has 2 aliphatic rings. The molecule has 35 heavy (non-hydrogen) atoms. The van der Waals surface area contributed by atoms with E-state index < -0.39 is 0 Å². The lowest BCUT2D eigenvalue weighted by Gasteiger charge is -2.49. The van der Waals surface area contributed by atoms with E-state index >= 15 is 0 Å². The van der Waals surface area contributed by atoms with E-state index in [2.05, 4.69) is 68.6 Å². The molecule has 1 amide bonds. The third kappa shape index (κ3) is 13.2. The largest absolute Gasteiger partial charge is 0.377 e. The van der Waals surface area contributed by atoms with Crippen molar-refractivity contribution >= 4 is 5.91 Å². The maximum absolute atomic E-state index is 10.3. The highest BCUT2D eigenvalue weighted by Crippen LogP contribution is 2.41. The minimum absolute atomic E-state index is 0.0972. The Balaban J connectivity index is 0.00000110. The molecule has 0 aromatic carbocycles. The molecule has 0 aromatic heterocycles. The van der Waals surface area contributed by atoms with Gasteiger partial charge in [0.05, 0.1) is 12.7 Å². The van der Waals surface area contributed by atoms with Gasteiger partial charge in [-0.3, -0.25) is 14.6 Å². The second kappa shape index (κ2) is 17.5. The first-order valence-electron chi connectivity index (χ1n) is 14.1. The average Bonchev–Trinajstić information content (AvgIpc) is 2.85. The van der Waals surface area contributed by atoms with Crippen LogP contribution in [0.5, 0.6) is 0 Å². The Hall–Kier alpha value is -0.950. The number of piperazine rings is 1. The highest BCUT2D eigenvalue weighted by molar-refractivity contribution is 5.91. The van der Waals surface area contributed by atoms with E-state index in [1.165, 1.54) is 58.5 Å². The van der Waals surface area contributed by atoms with Gasteiger partial charge in [0.2, 0.25) is 5.91 Å². The summed E-state index contributed by atoms with van der Waals surface area (Å²) < 4.78 is 5.86. The zero-order valence-corrected chi connectivity index (χ0v) is 25.1. The number of carbonyl (C=O) groups excluding carboxylic acids is 1. The molecule has 1 atom stereocenters. The van der Waals surface area contributed by atoms with Crippen LogP contribution in [0.1, 0.15) is 88.0 Å². The fourth-order valence-electron chi connectivity index (χ4n) is 5.27. The zero-order chi connectivity index (χ0) is 27.1. The van der Waals surface area contributed by atoms with E-state index in [0.29, 0.717) is 17.1 Å². The van der Waals surface area contributed by atoms with Crippen molar-refractivity contribution in [1.29, 1.82) is 0 Å². The highest BCUT2D eigenvalue weighted by atomic mass is 16.5. The summed E-state index contributed by atoms with van der Waals surface area (Å²) in [6.45, 7) is 32.5. The summed E-state index contributed by atoms with van der Waals surface area (Å²) >= 11 is 0. The predicted octanol–water partition coefficient (Wildman–Crippen LogP) is 4.95. The molecule has 2 heterocycles. The van der Waals surface area contributed by atoms with Crippen molar-refractivity contribution in [2.24, 2.45) is 11.3 Å². The third-order valence-corrected chi connectivity index (χ3v) is 7.56. The summed E-state index contributed by atoms with van der Waals surface area (Å²) in [5.74, 6) is 0.766. The summed E-state index contributed by atoms with van der Waals surface area (Å²) in [5, 5.41) is 5.94. The summed E-state index contributed by atoms with van der Waals surface area (Å²) in [5.41, 5.74) is 1.25. The number of likely N-dealkylation sites (N-methyl/N-ethyl adjacent to an activating group) is 1. The van der Waals surface area contributed by atoms with E-state index in [9.17, 15) is 4.79 Å². The van der Waals surface area contributed by atoms with Gasteiger partial charge in [0.15, 0.2) is 0 Å². The van der Waals surface area contributed by atoms with Crippen molar-refractivity contribution in [3.05, 3.63) is 12.2 Å². The lowest BCUT2D eigenvalue weighted by molar-refractivity contribution is -0.116. The molecule has 0 saturated carbocycles. The van der Waals surface area contributed by atoms with Gasteiger partial charge < -0.3 is 15.4 Å². The first kappa shape index (κ1) is 34.0. The number of piperidine rings is 1. The quantitative estimate of drug-likeness (QED) is 0.419. The summed E-state index contributed by atoms with van der Waals surface area (Å²) in [6.07, 6.45) is 5.48. The molecule has 0 aromatic rings. The molecule has 0 radical (unpaired) electrons. The summed E-state index contributed by atoms with van der Waals surface area (Å²) in [7, 11) is 1.58. The molecular weight excluding hydrogens is 436 g/mol. The molecule has 2 aliphatic heterocycles. The van der Waals surface area contributed by atoms with Gasteiger partial charge in [0.1, 0.15) is 0 Å². The SMILES string of the molecule is C=C(C)C(=O)NC.CC.CCC(C)OCCN1CCN(C(C)(C)CC(C)(C)C2CCNCC2)CC1. The monoisotopic (exact) mass is 496 g/mol. The Labute approximate surface area is 218 Å². The average molecular weight is 497 g/mol. The smallest absolute Gasteiger partial charge is 0.246 e. The second-order valence-corrected chi connectivity index (χ2v) is 11.3. The number of nitrogens with zero attached hydrogens (tertiary/aromatic N) is 2. The Morgan fingerprint density at radius 1 is 1.11 bits per heavy atom. The number of ether oxygens (including phenoxy) is 1. The predicted molar refractivity (Wildman–Crippen MR) is 152 cm³/mol. The molecule has 1 unspecified atom stereocenters. The van der Waals surface area contributed by atoms with Crippen molar-refractivity contribution < 1.29 is 9.53 Å². The Morgan fingerprint density at radius 2 is 1.66 bits per heavy atom. The van der Waals surface area contributed by atoms with Gasteiger partial charge in [-0.05, 0) is 77.8 Å². The van der Waals surface area contributed by atoms with Crippen LogP contribution in [0.15, 0.2) is 12.2 Å². The highest BCUT2D eigenvalue weighted by Gasteiger charge is 2.39. The van der Waals surface area contributed by atoms with Crippen molar-refractivity contribution in [3.8, 4) is 0 Å². The number of hydrogen-bond acceptors (Lipinski definition) is 5. The van der Waals surface area contributed by atoms with Crippen molar-refractivity contribution in [2.75, 3.05) is 59.5 Å². The fraction of sp³-hybridized carbons (Fsp3) is 0.897. The normalized spacial score (nSPS) is 19.0. The van der Waals surface area contributed by atoms with Crippen LogP contribution in [0.25, 0.3) is 0 Å². The lowest BCUT2D eigenvalue weighted by Crippen LogP contribution is -2.56. The molecule has 6 heteroatoms. The molecule has 208 valence electrons. The van der Waals surface area contributed by atoms with E-state index in [0.717, 1.165) is 25.5 Å². The van der Waals surface area contributed by atoms with Gasteiger partial charge in [0.25, 0.3) is 0 Å². The van der Waals surface area contributed by atoms with Gasteiger partial charge >= 0.3 is 0 Å².